The van der Waals surface area contributed by atoms with Gasteiger partial charge in [0.2, 0.25) is 0 Å². The van der Waals surface area contributed by atoms with Crippen LogP contribution in [0.25, 0.3) is 0 Å². The summed E-state index contributed by atoms with van der Waals surface area (Å²) in [7, 11) is 0. The summed E-state index contributed by atoms with van der Waals surface area (Å²) in [5.74, 6) is -0.612. The molecule has 3 saturated heterocycles. The lowest BCUT2D eigenvalue weighted by atomic mass is 10.1. The van der Waals surface area contributed by atoms with Gasteiger partial charge < -0.3 is 24.1 Å². The van der Waals surface area contributed by atoms with Crippen molar-refractivity contribution in [3.05, 3.63) is 0 Å². The summed E-state index contributed by atoms with van der Waals surface area (Å²) < 4.78 is 22.8. The Hall–Kier alpha value is -0.240. The first-order valence-corrected chi connectivity index (χ1v) is 6.38. The monoisotopic (exact) mass is 259 g/mol. The van der Waals surface area contributed by atoms with Gasteiger partial charge in [-0.25, -0.2) is 0 Å². The van der Waals surface area contributed by atoms with Crippen LogP contribution in [-0.4, -0.2) is 53.9 Å². The third kappa shape index (κ3) is 2.07. The Morgan fingerprint density at radius 2 is 1.83 bits per heavy atom. The fourth-order valence-corrected chi connectivity index (χ4v) is 2.84. The van der Waals surface area contributed by atoms with Crippen LogP contribution in [0.3, 0.4) is 0 Å². The lowest BCUT2D eigenvalue weighted by molar-refractivity contribution is -0.167. The van der Waals surface area contributed by atoms with Crippen molar-refractivity contribution in [1.29, 1.82) is 0 Å². The first-order chi connectivity index (χ1) is 8.27. The molecule has 0 saturated carbocycles. The smallest absolute Gasteiger partial charge is 0.163 e. The Balaban J connectivity index is 1.68. The molecule has 0 spiro atoms. The number of aliphatic hydroxyl groups is 1. The Labute approximate surface area is 107 Å². The minimum Gasteiger partial charge on any atom is -0.387 e. The second kappa shape index (κ2) is 3.88. The molecule has 104 valence electrons. The number of ether oxygens (including phenoxy) is 4. The largest absolute Gasteiger partial charge is 0.387 e. The zero-order chi connectivity index (χ0) is 13.1. The normalized spacial score (nSPS) is 49.5. The maximum Gasteiger partial charge on any atom is 0.163 e. The van der Waals surface area contributed by atoms with Crippen LogP contribution in [0.1, 0.15) is 27.7 Å². The molecule has 1 unspecified atom stereocenters. The zero-order valence-electron chi connectivity index (χ0n) is 11.2. The third-order valence-corrected chi connectivity index (χ3v) is 3.59. The van der Waals surface area contributed by atoms with E-state index in [2.05, 4.69) is 5.32 Å². The van der Waals surface area contributed by atoms with Gasteiger partial charge in [0.25, 0.3) is 0 Å². The van der Waals surface area contributed by atoms with Crippen LogP contribution in [-0.2, 0) is 18.9 Å². The van der Waals surface area contributed by atoms with Gasteiger partial charge in [0.1, 0.15) is 36.4 Å². The molecule has 3 fully saturated rings. The van der Waals surface area contributed by atoms with Crippen molar-refractivity contribution >= 4 is 0 Å². The second-order valence-electron chi connectivity index (χ2n) is 6.12. The molecule has 0 aromatic rings. The van der Waals surface area contributed by atoms with Crippen LogP contribution in [0.5, 0.6) is 0 Å². The summed E-state index contributed by atoms with van der Waals surface area (Å²) in [5.41, 5.74) is -0.465. The SMILES string of the molecule is CC1(C)N[C@H]2O[C@H](C3COC(C)(C)O3)[C@H](O)[C@H]2O1. The number of aliphatic hydroxyl groups excluding tert-OH is 1. The van der Waals surface area contributed by atoms with Crippen LogP contribution in [0.4, 0.5) is 0 Å². The molecule has 0 bridgehead atoms. The van der Waals surface area contributed by atoms with Gasteiger partial charge in [-0.2, -0.15) is 0 Å². The van der Waals surface area contributed by atoms with Crippen molar-refractivity contribution in [1.82, 2.24) is 5.32 Å². The minimum atomic E-state index is -0.702. The number of nitrogens with one attached hydrogen (secondary N) is 1. The van der Waals surface area contributed by atoms with Crippen molar-refractivity contribution in [2.45, 2.75) is 69.9 Å². The highest BCUT2D eigenvalue weighted by atomic mass is 16.8. The van der Waals surface area contributed by atoms with E-state index < -0.39 is 23.7 Å². The molecular weight excluding hydrogens is 238 g/mol. The molecule has 0 aromatic carbocycles. The fraction of sp³-hybridized carbons (Fsp3) is 1.00. The molecule has 5 atom stereocenters. The highest BCUT2D eigenvalue weighted by Gasteiger charge is 2.56. The molecule has 2 N–H and O–H groups in total. The van der Waals surface area contributed by atoms with Gasteiger partial charge in [-0.1, -0.05) is 0 Å². The minimum absolute atomic E-state index is 0.255. The van der Waals surface area contributed by atoms with Crippen LogP contribution < -0.4 is 5.32 Å². The van der Waals surface area contributed by atoms with E-state index in [1.807, 2.05) is 27.7 Å². The van der Waals surface area contributed by atoms with Crippen molar-refractivity contribution in [2.75, 3.05) is 6.61 Å². The Bertz CT molecular complexity index is 345. The predicted molar refractivity (Wildman–Crippen MR) is 61.7 cm³/mol. The molecule has 6 nitrogen and oxygen atoms in total. The molecule has 3 aliphatic rings. The molecule has 0 aromatic heterocycles. The van der Waals surface area contributed by atoms with Gasteiger partial charge in [0.05, 0.1) is 6.61 Å². The van der Waals surface area contributed by atoms with Crippen molar-refractivity contribution in [3.63, 3.8) is 0 Å². The molecule has 0 aliphatic carbocycles. The van der Waals surface area contributed by atoms with Crippen LogP contribution in [0.15, 0.2) is 0 Å². The fourth-order valence-electron chi connectivity index (χ4n) is 2.84. The maximum atomic E-state index is 10.3. The lowest BCUT2D eigenvalue weighted by Gasteiger charge is -2.27. The van der Waals surface area contributed by atoms with Gasteiger partial charge in [0.15, 0.2) is 5.79 Å². The van der Waals surface area contributed by atoms with E-state index in [1.165, 1.54) is 0 Å². The van der Waals surface area contributed by atoms with E-state index in [0.29, 0.717) is 6.61 Å². The summed E-state index contributed by atoms with van der Waals surface area (Å²) in [6, 6.07) is 0. The van der Waals surface area contributed by atoms with E-state index in [0.717, 1.165) is 0 Å². The Kier molecular flexibility index (Phi) is 2.75. The maximum absolute atomic E-state index is 10.3. The van der Waals surface area contributed by atoms with Gasteiger partial charge in [-0.05, 0) is 27.7 Å². The average Bonchev–Trinajstić information content (AvgIpc) is 2.81. The first-order valence-electron chi connectivity index (χ1n) is 6.38. The second-order valence-corrected chi connectivity index (χ2v) is 6.12. The first kappa shape index (κ1) is 12.8. The molecular formula is C12H21NO5. The summed E-state index contributed by atoms with van der Waals surface area (Å²) in [6.07, 6.45) is -2.00. The molecule has 0 radical (unpaired) electrons. The Morgan fingerprint density at radius 3 is 2.39 bits per heavy atom. The molecule has 3 rings (SSSR count). The van der Waals surface area contributed by atoms with Gasteiger partial charge >= 0.3 is 0 Å². The molecule has 3 aliphatic heterocycles. The van der Waals surface area contributed by atoms with Crippen LogP contribution >= 0.6 is 0 Å². The summed E-state index contributed by atoms with van der Waals surface area (Å²) >= 11 is 0. The Morgan fingerprint density at radius 1 is 1.11 bits per heavy atom. The number of hydrogen-bond donors (Lipinski definition) is 2. The quantitative estimate of drug-likeness (QED) is 0.688. The summed E-state index contributed by atoms with van der Waals surface area (Å²) in [6.45, 7) is 7.96. The lowest BCUT2D eigenvalue weighted by Crippen LogP contribution is -2.44. The molecule has 18 heavy (non-hydrogen) atoms. The van der Waals surface area contributed by atoms with Crippen molar-refractivity contribution in [3.8, 4) is 0 Å². The van der Waals surface area contributed by atoms with Gasteiger partial charge in [0, 0.05) is 0 Å². The number of hydrogen-bond acceptors (Lipinski definition) is 6. The van der Waals surface area contributed by atoms with Crippen molar-refractivity contribution < 1.29 is 24.1 Å². The predicted octanol–water partition coefficient (Wildman–Crippen LogP) is -0.0518. The summed E-state index contributed by atoms with van der Waals surface area (Å²) in [5, 5.41) is 13.5. The highest BCUT2D eigenvalue weighted by Crippen LogP contribution is 2.37. The van der Waals surface area contributed by atoms with E-state index in [9.17, 15) is 5.11 Å². The highest BCUT2D eigenvalue weighted by molar-refractivity contribution is 5.01. The van der Waals surface area contributed by atoms with E-state index in [-0.39, 0.29) is 18.4 Å². The van der Waals surface area contributed by atoms with Gasteiger partial charge in [-0.3, -0.25) is 5.32 Å². The molecule has 0 amide bonds. The van der Waals surface area contributed by atoms with E-state index in [4.69, 9.17) is 18.9 Å². The third-order valence-electron chi connectivity index (χ3n) is 3.59. The van der Waals surface area contributed by atoms with Crippen LogP contribution in [0, 0.1) is 0 Å². The van der Waals surface area contributed by atoms with E-state index in [1.54, 1.807) is 0 Å². The summed E-state index contributed by atoms with van der Waals surface area (Å²) in [4.78, 5) is 0. The molecule has 3 heterocycles. The van der Waals surface area contributed by atoms with Gasteiger partial charge in [-0.15, -0.1) is 0 Å². The number of rotatable bonds is 1. The number of fused-ring (bicyclic) bond motifs is 1. The van der Waals surface area contributed by atoms with E-state index >= 15 is 0 Å². The topological polar surface area (TPSA) is 69.2 Å². The van der Waals surface area contributed by atoms with Crippen LogP contribution in [0.2, 0.25) is 0 Å². The molecule has 6 heteroatoms. The van der Waals surface area contributed by atoms with Crippen molar-refractivity contribution in [2.24, 2.45) is 0 Å². The average molecular weight is 259 g/mol. The zero-order valence-corrected chi connectivity index (χ0v) is 11.2. The standard InChI is InChI=1S/C12H21NO5/c1-11(2)13-10-9(18-11)7(14)8(16-10)6-5-15-12(3,4)17-6/h6-10,13-14H,5H2,1-4H3/t6?,7-,8+,9+,10-/m0/s1.